The van der Waals surface area contributed by atoms with E-state index in [2.05, 4.69) is 0 Å². The zero-order chi connectivity index (χ0) is 10.1. The molecule has 0 radical (unpaired) electrons. The van der Waals surface area contributed by atoms with Crippen LogP contribution in [0.1, 0.15) is 11.9 Å². The van der Waals surface area contributed by atoms with Crippen LogP contribution in [0, 0.1) is 0 Å². The third-order valence-corrected chi connectivity index (χ3v) is 2.73. The fourth-order valence-electron chi connectivity index (χ4n) is 0.887. The van der Waals surface area contributed by atoms with Crippen LogP contribution in [0.3, 0.4) is 0 Å². The van der Waals surface area contributed by atoms with Gasteiger partial charge in [0.15, 0.2) is 16.1 Å². The summed E-state index contributed by atoms with van der Waals surface area (Å²) < 4.78 is 22.0. The van der Waals surface area contributed by atoms with Crippen LogP contribution in [0.4, 0.5) is 0 Å². The van der Waals surface area contributed by atoms with E-state index in [9.17, 15) is 8.42 Å². The molecule has 1 aromatic rings. The molecule has 0 unspecified atom stereocenters. The van der Waals surface area contributed by atoms with Crippen LogP contribution in [0.5, 0.6) is 0 Å². The van der Waals surface area contributed by atoms with Crippen LogP contribution in [0.2, 0.25) is 0 Å². The predicted molar refractivity (Wildman–Crippen MR) is 46.7 cm³/mol. The number of aliphatic hydroxyl groups excluding tert-OH is 1. The van der Waals surface area contributed by atoms with E-state index in [0.29, 0.717) is 0 Å². The van der Waals surface area contributed by atoms with E-state index in [-0.39, 0.29) is 10.5 Å². The van der Waals surface area contributed by atoms with E-state index < -0.39 is 16.1 Å². The largest absolute Gasteiger partial charge is 0.364 e. The van der Waals surface area contributed by atoms with E-state index in [1.54, 1.807) is 0 Å². The molecular weight excluding hydrogens is 192 g/mol. The minimum atomic E-state index is -3.21. The lowest BCUT2D eigenvalue weighted by Gasteiger charge is -2.03. The summed E-state index contributed by atoms with van der Waals surface area (Å²) in [7, 11) is -3.21. The van der Waals surface area contributed by atoms with Gasteiger partial charge in [-0.05, 0) is 12.1 Å². The maximum absolute atomic E-state index is 11.0. The average molecular weight is 202 g/mol. The van der Waals surface area contributed by atoms with Crippen molar-refractivity contribution in [2.45, 2.75) is 11.2 Å². The molecule has 0 fully saturated rings. The van der Waals surface area contributed by atoms with Crippen molar-refractivity contribution in [3.05, 3.63) is 29.8 Å². The van der Waals surface area contributed by atoms with Gasteiger partial charge in [-0.2, -0.15) is 0 Å². The van der Waals surface area contributed by atoms with Crippen molar-refractivity contribution in [3.63, 3.8) is 0 Å². The van der Waals surface area contributed by atoms with E-state index in [0.717, 1.165) is 6.26 Å². The molecule has 0 atom stereocenters. The molecule has 0 aliphatic carbocycles. The third kappa shape index (κ3) is 2.51. The molecular formula is C8H10O4S. The van der Waals surface area contributed by atoms with E-state index in [1.807, 2.05) is 0 Å². The summed E-state index contributed by atoms with van der Waals surface area (Å²) in [5.74, 6) is 0. The lowest BCUT2D eigenvalue weighted by Crippen LogP contribution is -1.99. The fraction of sp³-hybridized carbons (Fsp3) is 0.250. The Hall–Kier alpha value is -0.910. The van der Waals surface area contributed by atoms with Crippen LogP contribution in [-0.4, -0.2) is 24.9 Å². The highest BCUT2D eigenvalue weighted by atomic mass is 32.2. The highest BCUT2D eigenvalue weighted by Gasteiger charge is 2.07. The fourth-order valence-corrected chi connectivity index (χ4v) is 1.52. The van der Waals surface area contributed by atoms with Gasteiger partial charge < -0.3 is 10.2 Å². The molecule has 1 rings (SSSR count). The van der Waals surface area contributed by atoms with Crippen molar-refractivity contribution in [2.24, 2.45) is 0 Å². The standard InChI is InChI=1S/C8H10O4S/c1-13(11,12)7-4-2-6(3-5-7)8(9)10/h2-5,8-10H,1H3. The van der Waals surface area contributed by atoms with Gasteiger partial charge in [0.05, 0.1) is 4.90 Å². The van der Waals surface area contributed by atoms with E-state index in [4.69, 9.17) is 10.2 Å². The van der Waals surface area contributed by atoms with Gasteiger partial charge in [-0.25, -0.2) is 8.42 Å². The molecule has 0 amide bonds. The highest BCUT2D eigenvalue weighted by Crippen LogP contribution is 2.14. The summed E-state index contributed by atoms with van der Waals surface area (Å²) in [5, 5.41) is 17.4. The van der Waals surface area contributed by atoms with Gasteiger partial charge in [0.25, 0.3) is 0 Å². The summed E-state index contributed by atoms with van der Waals surface area (Å²) in [4.78, 5) is 0.164. The van der Waals surface area contributed by atoms with Crippen molar-refractivity contribution in [1.29, 1.82) is 0 Å². The molecule has 0 aliphatic rings. The summed E-state index contributed by atoms with van der Waals surface area (Å²) >= 11 is 0. The van der Waals surface area contributed by atoms with Gasteiger partial charge >= 0.3 is 0 Å². The zero-order valence-electron chi connectivity index (χ0n) is 7.01. The first-order valence-electron chi connectivity index (χ1n) is 3.57. The lowest BCUT2D eigenvalue weighted by atomic mass is 10.2. The maximum atomic E-state index is 11.0. The second-order valence-corrected chi connectivity index (χ2v) is 4.73. The molecule has 0 aliphatic heterocycles. The molecule has 0 saturated heterocycles. The van der Waals surface area contributed by atoms with E-state index >= 15 is 0 Å². The Morgan fingerprint density at radius 3 is 1.92 bits per heavy atom. The summed E-state index contributed by atoms with van der Waals surface area (Å²) in [6.45, 7) is 0. The first kappa shape index (κ1) is 10.2. The Labute approximate surface area is 76.4 Å². The topological polar surface area (TPSA) is 74.6 Å². The molecule has 5 heteroatoms. The number of benzene rings is 1. The van der Waals surface area contributed by atoms with Gasteiger partial charge in [-0.15, -0.1) is 0 Å². The quantitative estimate of drug-likeness (QED) is 0.666. The molecule has 0 aromatic heterocycles. The van der Waals surface area contributed by atoms with Gasteiger partial charge in [-0.3, -0.25) is 0 Å². The normalized spacial score (nSPS) is 12.0. The molecule has 0 heterocycles. The lowest BCUT2D eigenvalue weighted by molar-refractivity contribution is -0.0425. The number of sulfone groups is 1. The predicted octanol–water partition coefficient (Wildman–Crippen LogP) is 0.0733. The molecule has 0 spiro atoms. The smallest absolute Gasteiger partial charge is 0.178 e. The van der Waals surface area contributed by atoms with E-state index in [1.165, 1.54) is 24.3 Å². The Kier molecular flexibility index (Phi) is 2.70. The molecule has 2 N–H and O–H groups in total. The van der Waals surface area contributed by atoms with Crippen molar-refractivity contribution < 1.29 is 18.6 Å². The van der Waals surface area contributed by atoms with Gasteiger partial charge in [0, 0.05) is 11.8 Å². The Morgan fingerprint density at radius 2 is 1.62 bits per heavy atom. The van der Waals surface area contributed by atoms with Gasteiger partial charge in [0.1, 0.15) is 0 Å². The molecule has 72 valence electrons. The third-order valence-electron chi connectivity index (χ3n) is 1.61. The maximum Gasteiger partial charge on any atom is 0.178 e. The second-order valence-electron chi connectivity index (χ2n) is 2.71. The summed E-state index contributed by atoms with van der Waals surface area (Å²) in [6.07, 6.45) is -0.467. The minimum absolute atomic E-state index is 0.164. The minimum Gasteiger partial charge on any atom is -0.364 e. The van der Waals surface area contributed by atoms with Crippen LogP contribution in [0.25, 0.3) is 0 Å². The van der Waals surface area contributed by atoms with Crippen LogP contribution in [0.15, 0.2) is 29.2 Å². The van der Waals surface area contributed by atoms with Crippen molar-refractivity contribution >= 4 is 9.84 Å². The molecule has 4 nitrogen and oxygen atoms in total. The molecule has 0 bridgehead atoms. The van der Waals surface area contributed by atoms with Crippen LogP contribution >= 0.6 is 0 Å². The Balaban J connectivity index is 3.08. The summed E-state index contributed by atoms with van der Waals surface area (Å²) in [5.41, 5.74) is 0.271. The van der Waals surface area contributed by atoms with Crippen molar-refractivity contribution in [2.75, 3.05) is 6.26 Å². The molecule has 0 saturated carbocycles. The highest BCUT2D eigenvalue weighted by molar-refractivity contribution is 7.90. The van der Waals surface area contributed by atoms with Crippen LogP contribution < -0.4 is 0 Å². The van der Waals surface area contributed by atoms with Gasteiger partial charge in [0.2, 0.25) is 0 Å². The number of aliphatic hydroxyl groups is 2. The average Bonchev–Trinajstić information content (AvgIpc) is 2.03. The zero-order valence-corrected chi connectivity index (χ0v) is 7.82. The number of rotatable bonds is 2. The molecule has 13 heavy (non-hydrogen) atoms. The van der Waals surface area contributed by atoms with Crippen molar-refractivity contribution in [3.8, 4) is 0 Å². The van der Waals surface area contributed by atoms with Gasteiger partial charge in [-0.1, -0.05) is 12.1 Å². The first-order valence-corrected chi connectivity index (χ1v) is 5.46. The monoisotopic (exact) mass is 202 g/mol. The molecule has 1 aromatic carbocycles. The van der Waals surface area contributed by atoms with Crippen molar-refractivity contribution in [1.82, 2.24) is 0 Å². The summed E-state index contributed by atoms with van der Waals surface area (Å²) in [6, 6.07) is 5.40. The second kappa shape index (κ2) is 3.45. The Morgan fingerprint density at radius 1 is 1.15 bits per heavy atom. The number of hydrogen-bond donors (Lipinski definition) is 2. The Bertz CT molecular complexity index is 377. The SMILES string of the molecule is CS(=O)(=O)c1ccc(C(O)O)cc1. The first-order chi connectivity index (χ1) is 5.91. The number of hydrogen-bond acceptors (Lipinski definition) is 4. The van der Waals surface area contributed by atoms with Crippen LogP contribution in [-0.2, 0) is 9.84 Å².